The molecule has 0 aliphatic carbocycles. The Hall–Kier alpha value is -3.79. The molecule has 0 spiro atoms. The molecule has 1 aromatic carbocycles. The van der Waals surface area contributed by atoms with E-state index in [0.717, 1.165) is 0 Å². The molecule has 0 bridgehead atoms. The zero-order valence-corrected chi connectivity index (χ0v) is 18.7. The summed E-state index contributed by atoms with van der Waals surface area (Å²) < 4.78 is 15.5. The van der Waals surface area contributed by atoms with E-state index in [1.165, 1.54) is 20.5 Å². The molecule has 2 N–H and O–H groups in total. The number of ether oxygens (including phenoxy) is 2. The van der Waals surface area contributed by atoms with Crippen molar-refractivity contribution in [2.24, 2.45) is 0 Å². The molecule has 4 rings (SSSR count). The first-order valence-corrected chi connectivity index (χ1v) is 10.6. The molecular weight excluding hydrogens is 428 g/mol. The highest BCUT2D eigenvalue weighted by molar-refractivity contribution is 6.13. The molecule has 3 heterocycles. The number of carbonyl (C=O) groups is 3. The van der Waals surface area contributed by atoms with Crippen LogP contribution < -0.4 is 10.1 Å². The Kier molecular flexibility index (Phi) is 6.36. The third kappa shape index (κ3) is 4.29. The van der Waals surface area contributed by atoms with Gasteiger partial charge < -0.3 is 29.1 Å². The Labute approximate surface area is 190 Å². The molecule has 0 radical (unpaired) electrons. The second-order valence-corrected chi connectivity index (χ2v) is 7.72. The Bertz CT molecular complexity index is 1160. The monoisotopic (exact) mass is 454 g/mol. The number of aromatic nitrogens is 1. The maximum Gasteiger partial charge on any atom is 0.356 e. The minimum atomic E-state index is -0.596. The smallest absolute Gasteiger partial charge is 0.356 e. The van der Waals surface area contributed by atoms with E-state index < -0.39 is 12.0 Å². The molecule has 1 fully saturated rings. The summed E-state index contributed by atoms with van der Waals surface area (Å²) in [7, 11) is 2.81. The van der Waals surface area contributed by atoms with Gasteiger partial charge in [-0.2, -0.15) is 0 Å². The fourth-order valence-corrected chi connectivity index (χ4v) is 4.03. The number of rotatable bonds is 6. The number of fused-ring (bicyclic) bond motifs is 1. The number of amides is 2. The number of methoxy groups -OCH3 is 2. The summed E-state index contributed by atoms with van der Waals surface area (Å²) >= 11 is 0. The lowest BCUT2D eigenvalue weighted by molar-refractivity contribution is -0.121. The molecule has 33 heavy (non-hydrogen) atoms. The number of H-pyrrole nitrogens is 1. The number of nitrogens with zero attached hydrogens (tertiary/aromatic N) is 2. The van der Waals surface area contributed by atoms with Gasteiger partial charge in [0.1, 0.15) is 11.4 Å². The van der Waals surface area contributed by atoms with Crippen LogP contribution in [0.3, 0.4) is 0 Å². The lowest BCUT2D eigenvalue weighted by Gasteiger charge is -2.37. The number of aromatic amines is 1. The highest BCUT2D eigenvalue weighted by atomic mass is 16.5. The van der Waals surface area contributed by atoms with Gasteiger partial charge in [-0.3, -0.25) is 14.5 Å². The number of piperazine rings is 1. The molecular formula is C23H26N4O6. The number of benzene rings is 1. The first kappa shape index (κ1) is 22.4. The highest BCUT2D eigenvalue weighted by Crippen LogP contribution is 2.35. The molecule has 10 nitrogen and oxygen atoms in total. The summed E-state index contributed by atoms with van der Waals surface area (Å²) in [4.78, 5) is 44.7. The summed E-state index contributed by atoms with van der Waals surface area (Å²) in [6.07, 6.45) is 1.47. The van der Waals surface area contributed by atoms with Crippen LogP contribution in [0, 0.1) is 0 Å². The van der Waals surface area contributed by atoms with Gasteiger partial charge in [0, 0.05) is 26.2 Å². The fourth-order valence-electron chi connectivity index (χ4n) is 4.03. The van der Waals surface area contributed by atoms with Crippen molar-refractivity contribution in [1.29, 1.82) is 0 Å². The lowest BCUT2D eigenvalue weighted by Crippen LogP contribution is -2.54. The first-order chi connectivity index (χ1) is 15.9. The van der Waals surface area contributed by atoms with Gasteiger partial charge in [0.25, 0.3) is 5.91 Å². The van der Waals surface area contributed by atoms with Crippen molar-refractivity contribution < 1.29 is 28.3 Å². The predicted octanol–water partition coefficient (Wildman–Crippen LogP) is 2.34. The summed E-state index contributed by atoms with van der Waals surface area (Å²) in [5.41, 5.74) is 1.10. The Morgan fingerprint density at radius 3 is 2.48 bits per heavy atom. The van der Waals surface area contributed by atoms with Gasteiger partial charge in [-0.05, 0) is 31.2 Å². The van der Waals surface area contributed by atoms with Gasteiger partial charge in [-0.1, -0.05) is 6.07 Å². The van der Waals surface area contributed by atoms with Crippen LogP contribution in [0.5, 0.6) is 5.75 Å². The SMILES string of the molecule is COC(=O)c1[nH]c2cccc(OC)c2c1NC(=O)[C@@H](C)N1CCN(C(=O)c2ccco2)CC1. The first-order valence-electron chi connectivity index (χ1n) is 10.6. The molecule has 2 amide bonds. The standard InChI is InChI=1S/C23H26N4O6/c1-14(26-9-11-27(12-10-26)22(29)17-8-5-13-33-17)21(28)25-19-18-15(6-4-7-16(18)31-2)24-20(19)23(30)32-3/h4-8,13-14,24H,9-12H2,1-3H3,(H,25,28)/t14-/m1/s1. The maximum absolute atomic E-state index is 13.2. The molecule has 0 saturated carbocycles. The zero-order valence-electron chi connectivity index (χ0n) is 18.7. The van der Waals surface area contributed by atoms with Crippen LogP contribution >= 0.6 is 0 Å². The number of nitrogens with one attached hydrogen (secondary N) is 2. The molecule has 10 heteroatoms. The third-order valence-electron chi connectivity index (χ3n) is 5.90. The summed E-state index contributed by atoms with van der Waals surface area (Å²) in [6, 6.07) is 8.16. The summed E-state index contributed by atoms with van der Waals surface area (Å²) in [5, 5.41) is 3.48. The summed E-state index contributed by atoms with van der Waals surface area (Å²) in [5.74, 6) is -0.214. The normalized spacial score (nSPS) is 15.3. The average Bonchev–Trinajstić information content (AvgIpc) is 3.51. The number of carbonyl (C=O) groups excluding carboxylic acids is 3. The molecule has 1 aliphatic heterocycles. The fraction of sp³-hybridized carbons (Fsp3) is 0.348. The van der Waals surface area contributed by atoms with Crippen LogP contribution in [0.2, 0.25) is 0 Å². The van der Waals surface area contributed by atoms with Crippen molar-refractivity contribution in [3.63, 3.8) is 0 Å². The topological polar surface area (TPSA) is 117 Å². The second-order valence-electron chi connectivity index (χ2n) is 7.72. The van der Waals surface area contributed by atoms with Crippen LogP contribution in [-0.4, -0.2) is 79.0 Å². The Balaban J connectivity index is 1.49. The van der Waals surface area contributed by atoms with E-state index in [4.69, 9.17) is 13.9 Å². The number of furan rings is 1. The van der Waals surface area contributed by atoms with Crippen molar-refractivity contribution in [1.82, 2.24) is 14.8 Å². The molecule has 1 atom stereocenters. The molecule has 1 saturated heterocycles. The van der Waals surface area contributed by atoms with Gasteiger partial charge in [-0.25, -0.2) is 4.79 Å². The van der Waals surface area contributed by atoms with Crippen molar-refractivity contribution >= 4 is 34.4 Å². The van der Waals surface area contributed by atoms with Gasteiger partial charge in [0.05, 0.1) is 43.1 Å². The van der Waals surface area contributed by atoms with Gasteiger partial charge in [-0.15, -0.1) is 0 Å². The Morgan fingerprint density at radius 1 is 1.09 bits per heavy atom. The number of hydrogen-bond acceptors (Lipinski definition) is 7. The van der Waals surface area contributed by atoms with E-state index >= 15 is 0 Å². The summed E-state index contributed by atoms with van der Waals surface area (Å²) in [6.45, 7) is 3.81. The molecule has 3 aromatic rings. The molecule has 1 aliphatic rings. The predicted molar refractivity (Wildman–Crippen MR) is 120 cm³/mol. The number of esters is 1. The van der Waals surface area contributed by atoms with Crippen LogP contribution in [0.1, 0.15) is 28.0 Å². The molecule has 174 valence electrons. The number of hydrogen-bond donors (Lipinski definition) is 2. The average molecular weight is 454 g/mol. The van der Waals surface area contributed by atoms with E-state index in [1.54, 1.807) is 42.2 Å². The van der Waals surface area contributed by atoms with E-state index in [-0.39, 0.29) is 17.5 Å². The van der Waals surface area contributed by atoms with Crippen LogP contribution in [0.25, 0.3) is 10.9 Å². The lowest BCUT2D eigenvalue weighted by atomic mass is 10.1. The van der Waals surface area contributed by atoms with Crippen molar-refractivity contribution in [3.8, 4) is 5.75 Å². The maximum atomic E-state index is 13.2. The highest BCUT2D eigenvalue weighted by Gasteiger charge is 2.30. The molecule has 2 aromatic heterocycles. The van der Waals surface area contributed by atoms with E-state index in [0.29, 0.717) is 54.3 Å². The Morgan fingerprint density at radius 2 is 1.85 bits per heavy atom. The van der Waals surface area contributed by atoms with Crippen LogP contribution in [0.15, 0.2) is 41.0 Å². The minimum Gasteiger partial charge on any atom is -0.496 e. The minimum absolute atomic E-state index is 0.145. The van der Waals surface area contributed by atoms with Crippen LogP contribution in [-0.2, 0) is 9.53 Å². The van der Waals surface area contributed by atoms with Gasteiger partial charge in [0.2, 0.25) is 5.91 Å². The van der Waals surface area contributed by atoms with E-state index in [9.17, 15) is 14.4 Å². The van der Waals surface area contributed by atoms with E-state index in [2.05, 4.69) is 10.3 Å². The van der Waals surface area contributed by atoms with Crippen molar-refractivity contribution in [2.75, 3.05) is 45.7 Å². The van der Waals surface area contributed by atoms with E-state index in [1.807, 2.05) is 4.90 Å². The van der Waals surface area contributed by atoms with Gasteiger partial charge >= 0.3 is 5.97 Å². The largest absolute Gasteiger partial charge is 0.496 e. The van der Waals surface area contributed by atoms with Crippen molar-refractivity contribution in [2.45, 2.75) is 13.0 Å². The van der Waals surface area contributed by atoms with Crippen molar-refractivity contribution in [3.05, 3.63) is 48.0 Å². The second kappa shape index (κ2) is 9.37. The van der Waals surface area contributed by atoms with Crippen LogP contribution in [0.4, 0.5) is 5.69 Å². The zero-order chi connectivity index (χ0) is 23.5. The number of anilines is 1. The third-order valence-corrected chi connectivity index (χ3v) is 5.90. The molecule has 0 unspecified atom stereocenters. The quantitative estimate of drug-likeness (QED) is 0.549. The van der Waals surface area contributed by atoms with Gasteiger partial charge in [0.15, 0.2) is 5.76 Å².